The first-order valence-electron chi connectivity index (χ1n) is 8.31. The van der Waals surface area contributed by atoms with E-state index < -0.39 is 5.60 Å². The van der Waals surface area contributed by atoms with Gasteiger partial charge in [0.25, 0.3) is 0 Å². The molecule has 0 aromatic rings. The van der Waals surface area contributed by atoms with E-state index in [2.05, 4.69) is 5.32 Å². The maximum absolute atomic E-state index is 12.2. The van der Waals surface area contributed by atoms with Crippen molar-refractivity contribution in [3.8, 4) is 0 Å². The quantitative estimate of drug-likeness (QED) is 0.868. The lowest BCUT2D eigenvalue weighted by Gasteiger charge is -2.30. The molecule has 3 rings (SSSR count). The molecule has 0 radical (unpaired) electrons. The Bertz CT molecular complexity index is 393. The molecule has 3 fully saturated rings. The van der Waals surface area contributed by atoms with Gasteiger partial charge in [-0.2, -0.15) is 0 Å². The summed E-state index contributed by atoms with van der Waals surface area (Å²) in [5, 5.41) is 3.63. The third kappa shape index (κ3) is 3.51. The number of ether oxygens (including phenoxy) is 2. The monoisotopic (exact) mass is 296 g/mol. The van der Waals surface area contributed by atoms with Crippen LogP contribution in [0.15, 0.2) is 0 Å². The molecule has 2 bridgehead atoms. The third-order valence-corrected chi connectivity index (χ3v) is 4.73. The van der Waals surface area contributed by atoms with Gasteiger partial charge in [0.1, 0.15) is 5.60 Å². The lowest BCUT2D eigenvalue weighted by Crippen LogP contribution is -2.47. The maximum atomic E-state index is 12.2. The second-order valence-electron chi connectivity index (χ2n) is 7.59. The summed E-state index contributed by atoms with van der Waals surface area (Å²) in [4.78, 5) is 14.1. The van der Waals surface area contributed by atoms with Gasteiger partial charge in [-0.25, -0.2) is 4.79 Å². The van der Waals surface area contributed by atoms with Crippen molar-refractivity contribution < 1.29 is 14.3 Å². The number of likely N-dealkylation sites (tertiary alicyclic amines) is 1. The van der Waals surface area contributed by atoms with Gasteiger partial charge in [0.05, 0.1) is 12.2 Å². The number of nitrogens with zero attached hydrogens (tertiary/aromatic N) is 1. The van der Waals surface area contributed by atoms with E-state index in [1.54, 1.807) is 0 Å². The highest BCUT2D eigenvalue weighted by Crippen LogP contribution is 2.34. The molecule has 3 aliphatic heterocycles. The van der Waals surface area contributed by atoms with Gasteiger partial charge in [-0.3, -0.25) is 0 Å². The van der Waals surface area contributed by atoms with E-state index >= 15 is 0 Å². The molecule has 3 heterocycles. The summed E-state index contributed by atoms with van der Waals surface area (Å²) in [7, 11) is 0. The fourth-order valence-corrected chi connectivity index (χ4v) is 3.75. The summed E-state index contributed by atoms with van der Waals surface area (Å²) in [5.41, 5.74) is -0.421. The standard InChI is InChI=1S/C16H28N2O3/c1-16(2,3)21-15(19)18-8-4-5-11(18)10-17-13-9-12-6-7-14(13)20-12/h11-14,17H,4-10H2,1-3H3. The highest BCUT2D eigenvalue weighted by molar-refractivity contribution is 5.69. The van der Waals surface area contributed by atoms with Crippen molar-refractivity contribution >= 4 is 6.09 Å². The van der Waals surface area contributed by atoms with Gasteiger partial charge >= 0.3 is 6.09 Å². The molecule has 5 nitrogen and oxygen atoms in total. The van der Waals surface area contributed by atoms with Gasteiger partial charge in [-0.05, 0) is 52.9 Å². The number of fused-ring (bicyclic) bond motifs is 2. The minimum Gasteiger partial charge on any atom is -0.444 e. The molecule has 0 spiro atoms. The molecule has 0 aliphatic carbocycles. The first-order chi connectivity index (χ1) is 9.92. The van der Waals surface area contributed by atoms with Gasteiger partial charge in [0.2, 0.25) is 0 Å². The topological polar surface area (TPSA) is 50.8 Å². The van der Waals surface area contributed by atoms with Crippen molar-refractivity contribution in [3.05, 3.63) is 0 Å². The summed E-state index contributed by atoms with van der Waals surface area (Å²) in [6, 6.07) is 0.740. The first kappa shape index (κ1) is 15.1. The van der Waals surface area contributed by atoms with Gasteiger partial charge in [0, 0.05) is 25.2 Å². The second kappa shape index (κ2) is 5.76. The highest BCUT2D eigenvalue weighted by Gasteiger charge is 2.41. The van der Waals surface area contributed by atoms with Crippen LogP contribution in [0.4, 0.5) is 4.79 Å². The Kier molecular flexibility index (Phi) is 4.14. The molecule has 3 aliphatic rings. The third-order valence-electron chi connectivity index (χ3n) is 4.73. The summed E-state index contributed by atoms with van der Waals surface area (Å²) in [6.45, 7) is 7.42. The van der Waals surface area contributed by atoms with Crippen LogP contribution in [0.2, 0.25) is 0 Å². The minimum absolute atomic E-state index is 0.170. The van der Waals surface area contributed by atoms with Crippen LogP contribution in [0.5, 0.6) is 0 Å². The van der Waals surface area contributed by atoms with E-state index in [1.165, 1.54) is 12.8 Å². The lowest BCUT2D eigenvalue weighted by molar-refractivity contribution is 0.0222. The second-order valence-corrected chi connectivity index (χ2v) is 7.59. The van der Waals surface area contributed by atoms with Crippen LogP contribution in [-0.4, -0.2) is 54.0 Å². The molecule has 0 aromatic carbocycles. The van der Waals surface area contributed by atoms with E-state index in [1.807, 2.05) is 25.7 Å². The largest absolute Gasteiger partial charge is 0.444 e. The minimum atomic E-state index is -0.421. The molecule has 4 unspecified atom stereocenters. The van der Waals surface area contributed by atoms with E-state index in [-0.39, 0.29) is 12.1 Å². The van der Waals surface area contributed by atoms with Crippen molar-refractivity contribution in [2.45, 2.75) is 82.8 Å². The smallest absolute Gasteiger partial charge is 0.410 e. The van der Waals surface area contributed by atoms with Crippen molar-refractivity contribution in [1.82, 2.24) is 10.2 Å². The zero-order chi connectivity index (χ0) is 15.0. The van der Waals surface area contributed by atoms with Crippen LogP contribution >= 0.6 is 0 Å². The number of hydrogen-bond acceptors (Lipinski definition) is 4. The Morgan fingerprint density at radius 2 is 2.14 bits per heavy atom. The predicted octanol–water partition coefficient (Wildman–Crippen LogP) is 2.30. The Morgan fingerprint density at radius 3 is 2.76 bits per heavy atom. The Hall–Kier alpha value is -0.810. The number of carbonyl (C=O) groups excluding carboxylic acids is 1. The van der Waals surface area contributed by atoms with Gasteiger partial charge in [-0.15, -0.1) is 0 Å². The number of amides is 1. The van der Waals surface area contributed by atoms with Crippen LogP contribution in [0.3, 0.4) is 0 Å². The van der Waals surface area contributed by atoms with E-state index in [0.717, 1.165) is 32.4 Å². The van der Waals surface area contributed by atoms with Crippen molar-refractivity contribution in [2.24, 2.45) is 0 Å². The average molecular weight is 296 g/mol. The molecule has 120 valence electrons. The highest BCUT2D eigenvalue weighted by atomic mass is 16.6. The summed E-state index contributed by atoms with van der Waals surface area (Å²) in [5.74, 6) is 0. The predicted molar refractivity (Wildman–Crippen MR) is 80.3 cm³/mol. The molecule has 21 heavy (non-hydrogen) atoms. The fourth-order valence-electron chi connectivity index (χ4n) is 3.75. The normalized spacial score (nSPS) is 35.5. The zero-order valence-electron chi connectivity index (χ0n) is 13.4. The average Bonchev–Trinajstić information content (AvgIpc) is 3.10. The van der Waals surface area contributed by atoms with Gasteiger partial charge in [0.15, 0.2) is 0 Å². The molecule has 1 N–H and O–H groups in total. The molecule has 4 atom stereocenters. The Morgan fingerprint density at radius 1 is 1.33 bits per heavy atom. The zero-order valence-corrected chi connectivity index (χ0v) is 13.4. The first-order valence-corrected chi connectivity index (χ1v) is 8.31. The van der Waals surface area contributed by atoms with E-state index in [9.17, 15) is 4.79 Å². The molecular formula is C16H28N2O3. The maximum Gasteiger partial charge on any atom is 0.410 e. The molecule has 3 saturated heterocycles. The molecule has 0 aromatic heterocycles. The molecule has 1 amide bonds. The summed E-state index contributed by atoms with van der Waals surface area (Å²) >= 11 is 0. The summed E-state index contributed by atoms with van der Waals surface area (Å²) < 4.78 is 11.4. The molecule has 5 heteroatoms. The van der Waals surface area contributed by atoms with Crippen LogP contribution in [-0.2, 0) is 9.47 Å². The van der Waals surface area contributed by atoms with Crippen molar-refractivity contribution in [1.29, 1.82) is 0 Å². The fraction of sp³-hybridized carbons (Fsp3) is 0.938. The van der Waals surface area contributed by atoms with E-state index in [0.29, 0.717) is 18.2 Å². The van der Waals surface area contributed by atoms with Crippen LogP contribution < -0.4 is 5.32 Å². The Balaban J connectivity index is 1.49. The van der Waals surface area contributed by atoms with Gasteiger partial charge < -0.3 is 19.7 Å². The van der Waals surface area contributed by atoms with Crippen molar-refractivity contribution in [3.63, 3.8) is 0 Å². The number of hydrogen-bond donors (Lipinski definition) is 1. The molecular weight excluding hydrogens is 268 g/mol. The van der Waals surface area contributed by atoms with E-state index in [4.69, 9.17) is 9.47 Å². The van der Waals surface area contributed by atoms with Crippen molar-refractivity contribution in [2.75, 3.05) is 13.1 Å². The summed E-state index contributed by atoms with van der Waals surface area (Å²) in [6.07, 6.45) is 6.36. The lowest BCUT2D eigenvalue weighted by atomic mass is 9.95. The number of carbonyl (C=O) groups is 1. The van der Waals surface area contributed by atoms with Gasteiger partial charge in [-0.1, -0.05) is 0 Å². The Labute approximate surface area is 127 Å². The number of nitrogens with one attached hydrogen (secondary N) is 1. The van der Waals surface area contributed by atoms with Crippen LogP contribution in [0.25, 0.3) is 0 Å². The number of rotatable bonds is 3. The SMILES string of the molecule is CC(C)(C)OC(=O)N1CCCC1CNC1CC2CCC1O2. The van der Waals surface area contributed by atoms with Crippen LogP contribution in [0.1, 0.15) is 52.9 Å². The van der Waals surface area contributed by atoms with Crippen LogP contribution in [0, 0.1) is 0 Å². The molecule has 0 saturated carbocycles.